The summed E-state index contributed by atoms with van der Waals surface area (Å²) in [4.78, 5) is 23.8. The SMILES string of the molecule is CC1CCN(C(=O)CCl)C1C(N)=O. The van der Waals surface area contributed by atoms with Crippen LogP contribution in [0.25, 0.3) is 0 Å². The molecule has 2 unspecified atom stereocenters. The molecule has 2 atom stereocenters. The van der Waals surface area contributed by atoms with Crippen molar-refractivity contribution in [2.45, 2.75) is 19.4 Å². The number of carbonyl (C=O) groups excluding carboxylic acids is 2. The number of hydrogen-bond donors (Lipinski definition) is 1. The first-order chi connectivity index (χ1) is 6.07. The molecule has 2 amide bonds. The Balaban J connectivity index is 2.75. The van der Waals surface area contributed by atoms with E-state index in [9.17, 15) is 9.59 Å². The molecule has 1 saturated heterocycles. The van der Waals surface area contributed by atoms with Gasteiger partial charge in [-0.15, -0.1) is 11.6 Å². The second kappa shape index (κ2) is 3.96. The van der Waals surface area contributed by atoms with Gasteiger partial charge in [-0.25, -0.2) is 0 Å². The molecule has 1 aliphatic rings. The molecule has 0 aromatic rings. The fourth-order valence-corrected chi connectivity index (χ4v) is 1.89. The van der Waals surface area contributed by atoms with Crippen LogP contribution in [0.4, 0.5) is 0 Å². The van der Waals surface area contributed by atoms with Gasteiger partial charge in [-0.2, -0.15) is 0 Å². The van der Waals surface area contributed by atoms with Gasteiger partial charge in [0.1, 0.15) is 11.9 Å². The van der Waals surface area contributed by atoms with E-state index in [2.05, 4.69) is 0 Å². The zero-order valence-corrected chi connectivity index (χ0v) is 8.25. The van der Waals surface area contributed by atoms with Gasteiger partial charge >= 0.3 is 0 Å². The molecule has 2 N–H and O–H groups in total. The highest BCUT2D eigenvalue weighted by molar-refractivity contribution is 6.27. The van der Waals surface area contributed by atoms with Crippen molar-refractivity contribution in [3.05, 3.63) is 0 Å². The zero-order chi connectivity index (χ0) is 10.0. The maximum Gasteiger partial charge on any atom is 0.240 e. The molecule has 13 heavy (non-hydrogen) atoms. The second-order valence-electron chi connectivity index (χ2n) is 3.33. The van der Waals surface area contributed by atoms with Crippen molar-refractivity contribution in [1.29, 1.82) is 0 Å². The topological polar surface area (TPSA) is 63.4 Å². The molecule has 0 radical (unpaired) electrons. The van der Waals surface area contributed by atoms with Gasteiger partial charge in [0, 0.05) is 6.54 Å². The van der Waals surface area contributed by atoms with Crippen molar-refractivity contribution in [3.8, 4) is 0 Å². The Bertz CT molecular complexity index is 232. The van der Waals surface area contributed by atoms with Crippen LogP contribution in [0.3, 0.4) is 0 Å². The largest absolute Gasteiger partial charge is 0.368 e. The van der Waals surface area contributed by atoms with Crippen LogP contribution in [0.1, 0.15) is 13.3 Å². The van der Waals surface area contributed by atoms with Gasteiger partial charge in [0.2, 0.25) is 11.8 Å². The van der Waals surface area contributed by atoms with Crippen LogP contribution in [0.5, 0.6) is 0 Å². The molecule has 74 valence electrons. The molecule has 4 nitrogen and oxygen atoms in total. The minimum Gasteiger partial charge on any atom is -0.368 e. The molecule has 0 aromatic heterocycles. The van der Waals surface area contributed by atoms with E-state index < -0.39 is 11.9 Å². The minimum atomic E-state index is -0.466. The van der Waals surface area contributed by atoms with Crippen LogP contribution < -0.4 is 5.73 Å². The molecular weight excluding hydrogens is 192 g/mol. The molecule has 1 aliphatic heterocycles. The van der Waals surface area contributed by atoms with Gasteiger partial charge in [-0.3, -0.25) is 9.59 Å². The van der Waals surface area contributed by atoms with Crippen molar-refractivity contribution < 1.29 is 9.59 Å². The van der Waals surface area contributed by atoms with Crippen LogP contribution in [-0.2, 0) is 9.59 Å². The molecule has 0 bridgehead atoms. The summed E-state index contributed by atoms with van der Waals surface area (Å²) in [5.41, 5.74) is 5.20. The van der Waals surface area contributed by atoms with Crippen LogP contribution >= 0.6 is 11.6 Å². The molecular formula is C8H13ClN2O2. The molecule has 0 aromatic carbocycles. The first-order valence-corrected chi connectivity index (χ1v) is 4.76. The van der Waals surface area contributed by atoms with Gasteiger partial charge in [0.15, 0.2) is 0 Å². The Kier molecular flexibility index (Phi) is 3.14. The Labute approximate surface area is 82.0 Å². The smallest absolute Gasteiger partial charge is 0.240 e. The highest BCUT2D eigenvalue weighted by Crippen LogP contribution is 2.23. The predicted molar refractivity (Wildman–Crippen MR) is 49.2 cm³/mol. The Morgan fingerprint density at radius 2 is 2.23 bits per heavy atom. The fourth-order valence-electron chi connectivity index (χ4n) is 1.74. The lowest BCUT2D eigenvalue weighted by atomic mass is 10.0. The van der Waals surface area contributed by atoms with Gasteiger partial charge in [-0.1, -0.05) is 6.92 Å². The third kappa shape index (κ3) is 1.94. The van der Waals surface area contributed by atoms with E-state index in [4.69, 9.17) is 17.3 Å². The fraction of sp³-hybridized carbons (Fsp3) is 0.750. The molecule has 0 spiro atoms. The highest BCUT2D eigenvalue weighted by Gasteiger charge is 2.37. The average molecular weight is 205 g/mol. The molecule has 1 fully saturated rings. The van der Waals surface area contributed by atoms with E-state index in [0.717, 1.165) is 6.42 Å². The number of hydrogen-bond acceptors (Lipinski definition) is 2. The second-order valence-corrected chi connectivity index (χ2v) is 3.60. The van der Waals surface area contributed by atoms with E-state index in [1.165, 1.54) is 4.90 Å². The lowest BCUT2D eigenvalue weighted by Crippen LogP contribution is -2.46. The molecule has 1 heterocycles. The summed E-state index contributed by atoms with van der Waals surface area (Å²) >= 11 is 5.41. The first kappa shape index (κ1) is 10.3. The standard InChI is InChI=1S/C8H13ClN2O2/c1-5-2-3-11(6(12)4-9)7(5)8(10)13/h5,7H,2-4H2,1H3,(H2,10,13). The minimum absolute atomic E-state index is 0.0868. The van der Waals surface area contributed by atoms with Crippen molar-refractivity contribution in [2.75, 3.05) is 12.4 Å². The summed E-state index contributed by atoms with van der Waals surface area (Å²) in [5.74, 6) is -0.598. The monoisotopic (exact) mass is 204 g/mol. The first-order valence-electron chi connectivity index (χ1n) is 4.22. The van der Waals surface area contributed by atoms with E-state index in [0.29, 0.717) is 6.54 Å². The summed E-state index contributed by atoms with van der Waals surface area (Å²) in [6.07, 6.45) is 0.816. The quantitative estimate of drug-likeness (QED) is 0.641. The maximum atomic E-state index is 11.3. The number of nitrogens with two attached hydrogens (primary N) is 1. The van der Waals surface area contributed by atoms with Gasteiger partial charge in [-0.05, 0) is 12.3 Å². The van der Waals surface area contributed by atoms with Crippen molar-refractivity contribution in [2.24, 2.45) is 11.7 Å². The number of nitrogens with zero attached hydrogens (tertiary/aromatic N) is 1. The van der Waals surface area contributed by atoms with Gasteiger partial charge in [0.05, 0.1) is 0 Å². The van der Waals surface area contributed by atoms with E-state index >= 15 is 0 Å². The number of amides is 2. The number of carbonyl (C=O) groups is 2. The zero-order valence-electron chi connectivity index (χ0n) is 7.50. The van der Waals surface area contributed by atoms with E-state index in [1.807, 2.05) is 6.92 Å². The lowest BCUT2D eigenvalue weighted by molar-refractivity contribution is -0.136. The summed E-state index contributed by atoms with van der Waals surface area (Å²) in [6, 6.07) is -0.466. The highest BCUT2D eigenvalue weighted by atomic mass is 35.5. The van der Waals surface area contributed by atoms with Crippen molar-refractivity contribution in [3.63, 3.8) is 0 Å². The van der Waals surface area contributed by atoms with Crippen LogP contribution in [0.15, 0.2) is 0 Å². The number of primary amides is 1. The summed E-state index contributed by atoms with van der Waals surface area (Å²) in [7, 11) is 0. The van der Waals surface area contributed by atoms with E-state index in [-0.39, 0.29) is 17.7 Å². The molecule has 1 rings (SSSR count). The number of likely N-dealkylation sites (tertiary alicyclic amines) is 1. The van der Waals surface area contributed by atoms with Crippen LogP contribution in [0, 0.1) is 5.92 Å². The Morgan fingerprint density at radius 3 is 2.69 bits per heavy atom. The van der Waals surface area contributed by atoms with Crippen LogP contribution in [-0.4, -0.2) is 35.2 Å². The number of halogens is 1. The van der Waals surface area contributed by atoms with Crippen molar-refractivity contribution >= 4 is 23.4 Å². The van der Waals surface area contributed by atoms with Crippen molar-refractivity contribution in [1.82, 2.24) is 4.90 Å². The molecule has 0 saturated carbocycles. The van der Waals surface area contributed by atoms with Gasteiger partial charge < -0.3 is 10.6 Å². The lowest BCUT2D eigenvalue weighted by Gasteiger charge is -2.23. The third-order valence-corrected chi connectivity index (χ3v) is 2.65. The maximum absolute atomic E-state index is 11.3. The third-order valence-electron chi connectivity index (χ3n) is 2.43. The summed E-state index contributed by atoms with van der Waals surface area (Å²) in [6.45, 7) is 2.50. The van der Waals surface area contributed by atoms with Gasteiger partial charge in [0.25, 0.3) is 0 Å². The normalized spacial score (nSPS) is 27.7. The number of alkyl halides is 1. The summed E-state index contributed by atoms with van der Waals surface area (Å²) in [5, 5.41) is 0. The van der Waals surface area contributed by atoms with Crippen LogP contribution in [0.2, 0.25) is 0 Å². The Morgan fingerprint density at radius 1 is 1.62 bits per heavy atom. The van der Waals surface area contributed by atoms with E-state index in [1.54, 1.807) is 0 Å². The Hall–Kier alpha value is -0.770. The molecule has 5 heteroatoms. The average Bonchev–Trinajstić information content (AvgIpc) is 2.45. The predicted octanol–water partition coefficient (Wildman–Crippen LogP) is -0.0525. The number of rotatable bonds is 2. The molecule has 0 aliphatic carbocycles. The summed E-state index contributed by atoms with van der Waals surface area (Å²) < 4.78 is 0.